The molecule has 0 saturated carbocycles. The number of unbranched alkanes of at least 4 members (excludes halogenated alkanes) is 1. The minimum Gasteiger partial charge on any atom is -0.483 e. The molecule has 0 radical (unpaired) electrons. The molecule has 0 aromatic carbocycles. The molecule has 0 fully saturated rings. The Morgan fingerprint density at radius 2 is 2.08 bits per heavy atom. The molecule has 72 valence electrons. The SMILES string of the molecule is CCCCNNC(=O)O.O=CO. The summed E-state index contributed by atoms with van der Waals surface area (Å²) in [6.45, 7) is 2.49. The van der Waals surface area contributed by atoms with Crippen molar-refractivity contribution < 1.29 is 19.8 Å². The van der Waals surface area contributed by atoms with Gasteiger partial charge in [0.2, 0.25) is 0 Å². The van der Waals surface area contributed by atoms with Crippen molar-refractivity contribution in [1.82, 2.24) is 10.9 Å². The number of rotatable bonds is 4. The van der Waals surface area contributed by atoms with E-state index in [9.17, 15) is 4.79 Å². The number of hydrazine groups is 1. The zero-order chi connectivity index (χ0) is 9.82. The van der Waals surface area contributed by atoms with E-state index in [4.69, 9.17) is 15.0 Å². The van der Waals surface area contributed by atoms with E-state index in [1.165, 1.54) is 0 Å². The maximum Gasteiger partial charge on any atom is 0.419 e. The van der Waals surface area contributed by atoms with Crippen LogP contribution in [0.3, 0.4) is 0 Å². The predicted octanol–water partition coefficient (Wildman–Crippen LogP) is 0.260. The molecule has 1 amide bonds. The molecule has 4 N–H and O–H groups in total. The molecule has 0 spiro atoms. The molecule has 0 aliphatic carbocycles. The fourth-order valence-electron chi connectivity index (χ4n) is 0.403. The summed E-state index contributed by atoms with van der Waals surface area (Å²) in [7, 11) is 0. The maximum atomic E-state index is 9.79. The summed E-state index contributed by atoms with van der Waals surface area (Å²) in [4.78, 5) is 18.1. The van der Waals surface area contributed by atoms with Gasteiger partial charge in [-0.15, -0.1) is 0 Å². The largest absolute Gasteiger partial charge is 0.483 e. The Kier molecular flexibility index (Phi) is 13.7. The second-order valence-corrected chi connectivity index (χ2v) is 1.82. The fraction of sp³-hybridized carbons (Fsp3) is 0.667. The first-order valence-corrected chi connectivity index (χ1v) is 3.48. The molecule has 12 heavy (non-hydrogen) atoms. The van der Waals surface area contributed by atoms with E-state index < -0.39 is 6.09 Å². The van der Waals surface area contributed by atoms with Crippen LogP contribution in [-0.2, 0) is 4.79 Å². The van der Waals surface area contributed by atoms with Crippen LogP contribution in [0.25, 0.3) is 0 Å². The Labute approximate surface area is 70.6 Å². The average Bonchev–Trinajstić information content (AvgIpc) is 1.99. The standard InChI is InChI=1S/C5H12N2O2.CH2O2/c1-2-3-4-6-7-5(8)9;2-1-3/h6-7H,2-4H2,1H3,(H,8,9);1H,(H,2,3). The van der Waals surface area contributed by atoms with Crippen LogP contribution < -0.4 is 10.9 Å². The van der Waals surface area contributed by atoms with Crippen molar-refractivity contribution >= 4 is 12.6 Å². The second-order valence-electron chi connectivity index (χ2n) is 1.82. The lowest BCUT2D eigenvalue weighted by Gasteiger charge is -2.00. The first kappa shape index (κ1) is 13.3. The molecule has 0 bridgehead atoms. The topological polar surface area (TPSA) is 98.7 Å². The third kappa shape index (κ3) is 23.4. The van der Waals surface area contributed by atoms with Gasteiger partial charge in [0.1, 0.15) is 0 Å². The first-order valence-electron chi connectivity index (χ1n) is 3.48. The molecule has 0 unspecified atom stereocenters. The molecular weight excluding hydrogens is 164 g/mol. The minimum atomic E-state index is -1.04. The lowest BCUT2D eigenvalue weighted by Crippen LogP contribution is -2.36. The molecule has 0 rings (SSSR count). The first-order chi connectivity index (χ1) is 5.68. The summed E-state index contributed by atoms with van der Waals surface area (Å²) < 4.78 is 0. The van der Waals surface area contributed by atoms with E-state index in [1.807, 2.05) is 12.3 Å². The summed E-state index contributed by atoms with van der Waals surface area (Å²) in [5.74, 6) is 0. The summed E-state index contributed by atoms with van der Waals surface area (Å²) in [6.07, 6.45) is 1.01. The Balaban J connectivity index is 0. The van der Waals surface area contributed by atoms with Gasteiger partial charge in [0.15, 0.2) is 0 Å². The van der Waals surface area contributed by atoms with Gasteiger partial charge in [0, 0.05) is 6.54 Å². The quantitative estimate of drug-likeness (QED) is 0.281. The Morgan fingerprint density at radius 1 is 1.58 bits per heavy atom. The Bertz CT molecular complexity index is 118. The summed E-state index contributed by atoms with van der Waals surface area (Å²) >= 11 is 0. The summed E-state index contributed by atoms with van der Waals surface area (Å²) in [5, 5.41) is 14.9. The van der Waals surface area contributed by atoms with Crippen LogP contribution in [0, 0.1) is 0 Å². The zero-order valence-corrected chi connectivity index (χ0v) is 6.91. The number of carboxylic acid groups (broad SMARTS) is 2. The highest BCUT2D eigenvalue weighted by atomic mass is 16.4. The zero-order valence-electron chi connectivity index (χ0n) is 6.91. The van der Waals surface area contributed by atoms with Gasteiger partial charge in [-0.1, -0.05) is 13.3 Å². The van der Waals surface area contributed by atoms with Gasteiger partial charge in [-0.25, -0.2) is 10.2 Å². The van der Waals surface area contributed by atoms with Crippen LogP contribution in [0.2, 0.25) is 0 Å². The third-order valence-corrected chi connectivity index (χ3v) is 0.851. The summed E-state index contributed by atoms with van der Waals surface area (Å²) in [5.41, 5.74) is 4.58. The molecule has 0 aromatic rings. The van der Waals surface area contributed by atoms with Crippen molar-refractivity contribution in [2.24, 2.45) is 0 Å². The highest BCUT2D eigenvalue weighted by Gasteiger charge is 1.88. The van der Waals surface area contributed by atoms with Crippen molar-refractivity contribution in [3.05, 3.63) is 0 Å². The van der Waals surface area contributed by atoms with Gasteiger partial charge < -0.3 is 10.2 Å². The monoisotopic (exact) mass is 178 g/mol. The number of amides is 1. The van der Waals surface area contributed by atoms with E-state index in [2.05, 4.69) is 5.43 Å². The van der Waals surface area contributed by atoms with Crippen LogP contribution in [0.1, 0.15) is 19.8 Å². The van der Waals surface area contributed by atoms with Gasteiger partial charge >= 0.3 is 6.09 Å². The number of nitrogens with one attached hydrogen (secondary N) is 2. The van der Waals surface area contributed by atoms with Gasteiger partial charge in [-0.05, 0) is 6.42 Å². The van der Waals surface area contributed by atoms with Crippen molar-refractivity contribution in [2.75, 3.05) is 6.54 Å². The summed E-state index contributed by atoms with van der Waals surface area (Å²) in [6, 6.07) is 0. The van der Waals surface area contributed by atoms with E-state index in [0.29, 0.717) is 6.54 Å². The van der Waals surface area contributed by atoms with Gasteiger partial charge in [-0.3, -0.25) is 10.2 Å². The molecule has 0 aliphatic rings. The molecule has 0 atom stereocenters. The molecule has 0 aliphatic heterocycles. The number of hydrogen-bond donors (Lipinski definition) is 4. The normalized spacial score (nSPS) is 7.75. The average molecular weight is 178 g/mol. The molecule has 0 aromatic heterocycles. The fourth-order valence-corrected chi connectivity index (χ4v) is 0.403. The highest BCUT2D eigenvalue weighted by Crippen LogP contribution is 1.79. The molecule has 6 nitrogen and oxygen atoms in total. The molecule has 0 saturated heterocycles. The lowest BCUT2D eigenvalue weighted by molar-refractivity contribution is -0.122. The second kappa shape index (κ2) is 12.4. The van der Waals surface area contributed by atoms with Crippen molar-refractivity contribution in [1.29, 1.82) is 0 Å². The van der Waals surface area contributed by atoms with E-state index in [-0.39, 0.29) is 6.47 Å². The lowest BCUT2D eigenvalue weighted by atomic mass is 10.3. The Hall–Kier alpha value is -1.30. The Morgan fingerprint density at radius 3 is 2.42 bits per heavy atom. The van der Waals surface area contributed by atoms with E-state index in [0.717, 1.165) is 12.8 Å². The van der Waals surface area contributed by atoms with Crippen LogP contribution in [0.15, 0.2) is 0 Å². The van der Waals surface area contributed by atoms with E-state index in [1.54, 1.807) is 0 Å². The van der Waals surface area contributed by atoms with Crippen molar-refractivity contribution in [3.63, 3.8) is 0 Å². The van der Waals surface area contributed by atoms with E-state index >= 15 is 0 Å². The number of hydrogen-bond acceptors (Lipinski definition) is 3. The minimum absolute atomic E-state index is 0.250. The third-order valence-electron chi connectivity index (χ3n) is 0.851. The molecule has 6 heteroatoms. The van der Waals surface area contributed by atoms with Crippen LogP contribution >= 0.6 is 0 Å². The van der Waals surface area contributed by atoms with Crippen LogP contribution in [-0.4, -0.2) is 29.3 Å². The number of carbonyl (C=O) groups is 2. The predicted molar refractivity (Wildman–Crippen MR) is 42.8 cm³/mol. The smallest absolute Gasteiger partial charge is 0.419 e. The van der Waals surface area contributed by atoms with Gasteiger partial charge in [-0.2, -0.15) is 0 Å². The van der Waals surface area contributed by atoms with Crippen LogP contribution in [0.5, 0.6) is 0 Å². The van der Waals surface area contributed by atoms with Gasteiger partial charge in [0.25, 0.3) is 6.47 Å². The van der Waals surface area contributed by atoms with Crippen molar-refractivity contribution in [2.45, 2.75) is 19.8 Å². The maximum absolute atomic E-state index is 9.79. The molecular formula is C6H14N2O4. The van der Waals surface area contributed by atoms with Gasteiger partial charge in [0.05, 0.1) is 0 Å². The van der Waals surface area contributed by atoms with Crippen molar-refractivity contribution in [3.8, 4) is 0 Å². The van der Waals surface area contributed by atoms with Crippen LogP contribution in [0.4, 0.5) is 4.79 Å². The molecule has 0 heterocycles. The highest BCUT2D eigenvalue weighted by molar-refractivity contribution is 5.63.